The van der Waals surface area contributed by atoms with Crippen LogP contribution in [0.4, 0.5) is 22.7 Å². The quantitative estimate of drug-likeness (QED) is 0.104. The molecule has 6 rings (SSSR count). The molecule has 2 aliphatic carbocycles. The van der Waals surface area contributed by atoms with Crippen LogP contribution in [0.15, 0.2) is 121 Å². The van der Waals surface area contributed by atoms with Gasteiger partial charge in [-0.3, -0.25) is 20.9 Å². The smallest absolute Gasteiger partial charge is 0.359 e. The fourth-order valence-electron chi connectivity index (χ4n) is 6.00. The summed E-state index contributed by atoms with van der Waals surface area (Å²) in [5, 5.41) is 12.4. The third-order valence-corrected chi connectivity index (χ3v) is 8.78. The highest BCUT2D eigenvalue weighted by Gasteiger charge is 2.17. The van der Waals surface area contributed by atoms with Crippen molar-refractivity contribution in [1.82, 2.24) is 21.5 Å². The highest BCUT2D eigenvalue weighted by atomic mass is 32.1. The molecule has 0 radical (unpaired) electrons. The summed E-state index contributed by atoms with van der Waals surface area (Å²) >= 11 is 11.1. The molecule has 2 fully saturated rings. The summed E-state index contributed by atoms with van der Waals surface area (Å²) in [4.78, 5) is 32.5. The van der Waals surface area contributed by atoms with Gasteiger partial charge in [-0.05, 0) is 98.6 Å². The highest BCUT2D eigenvalue weighted by Crippen LogP contribution is 2.24. The van der Waals surface area contributed by atoms with E-state index in [1.807, 2.05) is 82.8 Å². The van der Waals surface area contributed by atoms with Crippen LogP contribution in [0.25, 0.3) is 0 Å². The van der Waals surface area contributed by atoms with Gasteiger partial charge in [0.2, 0.25) is 0 Å². The Labute approximate surface area is 316 Å². The molecule has 0 aliphatic heterocycles. The van der Waals surface area contributed by atoms with E-state index < -0.39 is 0 Å². The molecule has 2 aliphatic rings. The maximum atomic E-state index is 8.12. The molecule has 272 valence electrons. The van der Waals surface area contributed by atoms with Crippen molar-refractivity contribution in [3.63, 3.8) is 0 Å². The summed E-state index contributed by atoms with van der Waals surface area (Å²) in [6, 6.07) is 41.9. The Balaban J connectivity index is 0.000000244. The lowest BCUT2D eigenvalue weighted by atomic mass is 9.96. The summed E-state index contributed by atoms with van der Waals surface area (Å²) in [7, 11) is 0. The molecule has 52 heavy (non-hydrogen) atoms. The van der Waals surface area contributed by atoms with Crippen molar-refractivity contribution in [3.05, 3.63) is 121 Å². The third-order valence-electron chi connectivity index (χ3n) is 8.37. The Morgan fingerprint density at radius 1 is 0.442 bits per heavy atom. The molecule has 0 heterocycles. The first kappa shape index (κ1) is 41.0. The number of hydrogen-bond donors (Lipinski definition) is 4. The van der Waals surface area contributed by atoms with Crippen molar-refractivity contribution in [3.8, 4) is 0 Å². The molecule has 10 nitrogen and oxygen atoms in total. The molecule has 12 heteroatoms. The predicted molar refractivity (Wildman–Crippen MR) is 212 cm³/mol. The monoisotopic (exact) mass is 738 g/mol. The van der Waals surface area contributed by atoms with Gasteiger partial charge in [0.25, 0.3) is 0 Å². The number of thiocarbonyl (C=S) groups is 2. The number of nitrogens with one attached hydrogen (secondary N) is 4. The van der Waals surface area contributed by atoms with E-state index in [9.17, 15) is 0 Å². The van der Waals surface area contributed by atoms with Gasteiger partial charge >= 0.3 is 12.3 Å². The maximum Gasteiger partial charge on any atom is 0.373 e. The molecule has 4 aromatic rings. The molecule has 2 saturated carbocycles. The molecule has 0 unspecified atom stereocenters. The number of hydrazine groups is 2. The van der Waals surface area contributed by atoms with Gasteiger partial charge in [0.15, 0.2) is 10.2 Å². The molecule has 0 amide bonds. The van der Waals surface area contributed by atoms with Crippen molar-refractivity contribution < 1.29 is 19.2 Å². The Kier molecular flexibility index (Phi) is 19.5. The standard InChI is InChI=1S/2C19H23N3S.2CO2/c2*23-19(20-16-10-4-1-5-11-16)21-22(17-12-6-2-7-13-17)18-14-8-3-9-15-18;2*2-1-3/h2*2-3,6-9,12-16H,1,4-5,10-11H2,(H2,20,21,23);;. The maximum absolute atomic E-state index is 8.12. The minimum absolute atomic E-state index is 0.250. The second-order valence-corrected chi connectivity index (χ2v) is 12.8. The number of carbonyl (C=O) groups excluding carboxylic acids is 4. The zero-order chi connectivity index (χ0) is 37.2. The van der Waals surface area contributed by atoms with Gasteiger partial charge in [0.1, 0.15) is 0 Å². The second-order valence-electron chi connectivity index (χ2n) is 12.0. The molecule has 0 atom stereocenters. The predicted octanol–water partition coefficient (Wildman–Crippen LogP) is 7.91. The van der Waals surface area contributed by atoms with Crippen LogP contribution in [0.3, 0.4) is 0 Å². The summed E-state index contributed by atoms with van der Waals surface area (Å²) in [5.74, 6) is 0. The summed E-state index contributed by atoms with van der Waals surface area (Å²) < 4.78 is 0. The van der Waals surface area contributed by atoms with E-state index in [2.05, 4.69) is 70.0 Å². The molecule has 0 bridgehead atoms. The van der Waals surface area contributed by atoms with E-state index in [0.29, 0.717) is 22.3 Å². The lowest BCUT2D eigenvalue weighted by Gasteiger charge is -2.30. The normalized spacial score (nSPS) is 13.5. The first-order chi connectivity index (χ1) is 25.5. The molecule has 0 spiro atoms. The average molecular weight is 739 g/mol. The Morgan fingerprint density at radius 2 is 0.673 bits per heavy atom. The first-order valence-corrected chi connectivity index (χ1v) is 18.2. The van der Waals surface area contributed by atoms with E-state index in [4.69, 9.17) is 43.6 Å². The largest absolute Gasteiger partial charge is 0.373 e. The summed E-state index contributed by atoms with van der Waals surface area (Å²) in [5.41, 5.74) is 10.9. The van der Waals surface area contributed by atoms with Crippen LogP contribution in [0.5, 0.6) is 0 Å². The summed E-state index contributed by atoms with van der Waals surface area (Å²) in [6.07, 6.45) is 13.2. The number of rotatable bonds is 8. The van der Waals surface area contributed by atoms with Gasteiger partial charge in [0, 0.05) is 12.1 Å². The van der Waals surface area contributed by atoms with Gasteiger partial charge in [-0.2, -0.15) is 19.2 Å². The Morgan fingerprint density at radius 3 is 0.904 bits per heavy atom. The zero-order valence-electron chi connectivity index (χ0n) is 29.1. The van der Waals surface area contributed by atoms with Crippen molar-refractivity contribution in [2.24, 2.45) is 0 Å². The first-order valence-electron chi connectivity index (χ1n) is 17.4. The highest BCUT2D eigenvalue weighted by molar-refractivity contribution is 7.80. The van der Waals surface area contributed by atoms with E-state index >= 15 is 0 Å². The lowest BCUT2D eigenvalue weighted by Crippen LogP contribution is -2.48. The summed E-state index contributed by atoms with van der Waals surface area (Å²) in [6.45, 7) is 0. The fraction of sp³-hybridized carbons (Fsp3) is 0.300. The Hall–Kier alpha value is -5.38. The van der Waals surface area contributed by atoms with Crippen molar-refractivity contribution in [1.29, 1.82) is 0 Å². The van der Waals surface area contributed by atoms with Crippen LogP contribution >= 0.6 is 24.4 Å². The SMILES string of the molecule is O=C=O.O=C=O.S=C(NC1CCCCC1)NN(c1ccccc1)c1ccccc1.S=C(NC1CCCCC1)NN(c1ccccc1)c1ccccc1. The topological polar surface area (TPSA) is 123 Å². The number of para-hydroxylation sites is 4. The van der Waals surface area contributed by atoms with Crippen LogP contribution in [0.1, 0.15) is 64.2 Å². The van der Waals surface area contributed by atoms with Crippen LogP contribution in [-0.2, 0) is 19.2 Å². The van der Waals surface area contributed by atoms with E-state index in [0.717, 1.165) is 22.7 Å². The number of hydrogen-bond acceptors (Lipinski definition) is 8. The molecule has 0 saturated heterocycles. The van der Waals surface area contributed by atoms with Crippen molar-refractivity contribution >= 4 is 69.7 Å². The number of nitrogens with zero attached hydrogens (tertiary/aromatic N) is 2. The van der Waals surface area contributed by atoms with Crippen molar-refractivity contribution in [2.75, 3.05) is 10.0 Å². The number of anilines is 4. The van der Waals surface area contributed by atoms with Gasteiger partial charge in [-0.1, -0.05) is 111 Å². The minimum Gasteiger partial charge on any atom is -0.359 e. The van der Waals surface area contributed by atoms with Gasteiger partial charge in [0.05, 0.1) is 22.7 Å². The van der Waals surface area contributed by atoms with E-state index in [1.165, 1.54) is 64.2 Å². The van der Waals surface area contributed by atoms with Gasteiger partial charge < -0.3 is 10.6 Å². The van der Waals surface area contributed by atoms with Crippen LogP contribution in [0.2, 0.25) is 0 Å². The lowest BCUT2D eigenvalue weighted by molar-refractivity contribution is -0.193. The molecule has 4 aromatic carbocycles. The van der Waals surface area contributed by atoms with E-state index in [1.54, 1.807) is 0 Å². The second kappa shape index (κ2) is 24.7. The van der Waals surface area contributed by atoms with Gasteiger partial charge in [-0.15, -0.1) is 0 Å². The van der Waals surface area contributed by atoms with Crippen LogP contribution < -0.4 is 31.5 Å². The van der Waals surface area contributed by atoms with Gasteiger partial charge in [-0.25, -0.2) is 0 Å². The molecular weight excluding hydrogens is 693 g/mol. The average Bonchev–Trinajstić information content (AvgIpc) is 3.19. The molecule has 4 N–H and O–H groups in total. The van der Waals surface area contributed by atoms with E-state index in [-0.39, 0.29) is 12.3 Å². The van der Waals surface area contributed by atoms with Crippen LogP contribution in [-0.4, -0.2) is 34.6 Å². The minimum atomic E-state index is 0.250. The van der Waals surface area contributed by atoms with Crippen LogP contribution in [0, 0.1) is 0 Å². The third kappa shape index (κ3) is 15.2. The van der Waals surface area contributed by atoms with Crippen molar-refractivity contribution in [2.45, 2.75) is 76.3 Å². The zero-order valence-corrected chi connectivity index (χ0v) is 30.7. The number of benzene rings is 4. The molecule has 0 aromatic heterocycles. The fourth-order valence-corrected chi connectivity index (χ4v) is 6.51. The molecular formula is C40H46N6O4S2. The Bertz CT molecular complexity index is 1440.